The van der Waals surface area contributed by atoms with Gasteiger partial charge in [-0.25, -0.2) is 5.43 Å². The van der Waals surface area contributed by atoms with Crippen molar-refractivity contribution in [2.75, 3.05) is 5.32 Å². The Bertz CT molecular complexity index is 1250. The third kappa shape index (κ3) is 4.68. The highest BCUT2D eigenvalue weighted by Crippen LogP contribution is 2.31. The van der Waals surface area contributed by atoms with E-state index < -0.39 is 0 Å². The Hall–Kier alpha value is -2.78. The Balaban J connectivity index is 1.57. The first-order valence-corrected chi connectivity index (χ1v) is 11.6. The van der Waals surface area contributed by atoms with Crippen molar-refractivity contribution in [3.8, 4) is 0 Å². The molecule has 0 bridgehead atoms. The van der Waals surface area contributed by atoms with E-state index in [0.29, 0.717) is 45.6 Å². The molecule has 32 heavy (non-hydrogen) atoms. The third-order valence-electron chi connectivity index (χ3n) is 5.16. The first-order valence-electron chi connectivity index (χ1n) is 10.0. The van der Waals surface area contributed by atoms with E-state index in [-0.39, 0.29) is 17.6 Å². The highest BCUT2D eigenvalue weighted by atomic mass is 79.9. The van der Waals surface area contributed by atoms with E-state index in [1.54, 1.807) is 12.3 Å². The molecule has 2 heterocycles. The molecule has 0 saturated carbocycles. The van der Waals surface area contributed by atoms with Crippen LogP contribution in [-0.4, -0.2) is 22.5 Å². The molecule has 2 N–H and O–H groups in total. The molecule has 1 aromatic carbocycles. The topological polar surface area (TPSA) is 96.6 Å². The van der Waals surface area contributed by atoms with Gasteiger partial charge >= 0.3 is 0 Å². The summed E-state index contributed by atoms with van der Waals surface area (Å²) in [6.45, 7) is 3.82. The summed E-state index contributed by atoms with van der Waals surface area (Å²) in [5.41, 5.74) is 6.93. The molecule has 0 radical (unpaired) electrons. The van der Waals surface area contributed by atoms with Gasteiger partial charge in [-0.2, -0.15) is 5.10 Å². The van der Waals surface area contributed by atoms with Gasteiger partial charge in [0.1, 0.15) is 5.76 Å². The number of hydrogen-bond acceptors (Lipinski definition) is 5. The number of furan rings is 1. The minimum Gasteiger partial charge on any atom is -0.455 e. The summed E-state index contributed by atoms with van der Waals surface area (Å²) in [5, 5.41) is 7.24. The van der Waals surface area contributed by atoms with E-state index in [2.05, 4.69) is 52.7 Å². The zero-order valence-electron chi connectivity index (χ0n) is 17.5. The lowest BCUT2D eigenvalue weighted by molar-refractivity contribution is 0.0953. The molecule has 2 aromatic heterocycles. The van der Waals surface area contributed by atoms with E-state index in [1.165, 1.54) is 6.20 Å². The maximum atomic E-state index is 12.9. The van der Waals surface area contributed by atoms with Crippen LogP contribution < -0.4 is 10.7 Å². The van der Waals surface area contributed by atoms with Crippen molar-refractivity contribution < 1.29 is 14.0 Å². The van der Waals surface area contributed by atoms with Crippen molar-refractivity contribution in [2.24, 2.45) is 5.10 Å². The number of aryl methyl sites for hydroxylation is 2. The van der Waals surface area contributed by atoms with Crippen molar-refractivity contribution in [3.05, 3.63) is 79.4 Å². The van der Waals surface area contributed by atoms with Crippen LogP contribution in [0.5, 0.6) is 0 Å². The lowest BCUT2D eigenvalue weighted by Crippen LogP contribution is -2.22. The summed E-state index contributed by atoms with van der Waals surface area (Å²) >= 11 is 6.78. The molecule has 0 spiro atoms. The Kier molecular flexibility index (Phi) is 6.57. The molecule has 2 amide bonds. The summed E-state index contributed by atoms with van der Waals surface area (Å²) in [6.07, 6.45) is 5.28. The molecule has 4 rings (SSSR count). The molecule has 3 aromatic rings. The zero-order chi connectivity index (χ0) is 22.8. The van der Waals surface area contributed by atoms with E-state index >= 15 is 0 Å². The molecule has 164 valence electrons. The van der Waals surface area contributed by atoms with Crippen molar-refractivity contribution >= 4 is 55.1 Å². The number of nitrogens with one attached hydrogen (secondary N) is 2. The van der Waals surface area contributed by atoms with E-state index in [1.807, 2.05) is 32.0 Å². The molecule has 0 unspecified atom stereocenters. The van der Waals surface area contributed by atoms with Crippen LogP contribution in [-0.2, 0) is 6.42 Å². The third-order valence-corrected chi connectivity index (χ3v) is 6.25. The number of hydrogen-bond donors (Lipinski definition) is 2. The van der Waals surface area contributed by atoms with Crippen molar-refractivity contribution in [2.45, 2.75) is 33.1 Å². The van der Waals surface area contributed by atoms with E-state index in [0.717, 1.165) is 22.0 Å². The van der Waals surface area contributed by atoms with E-state index in [4.69, 9.17) is 4.42 Å². The van der Waals surface area contributed by atoms with Crippen LogP contribution in [0, 0.1) is 13.8 Å². The maximum absolute atomic E-state index is 12.9. The first kappa shape index (κ1) is 22.4. The van der Waals surface area contributed by atoms with Gasteiger partial charge in [0.25, 0.3) is 11.8 Å². The fourth-order valence-corrected chi connectivity index (χ4v) is 4.57. The summed E-state index contributed by atoms with van der Waals surface area (Å²) in [4.78, 5) is 29.4. The Morgan fingerprint density at radius 2 is 1.91 bits per heavy atom. The van der Waals surface area contributed by atoms with Gasteiger partial charge in [-0.3, -0.25) is 14.6 Å². The smallest absolute Gasteiger partial charge is 0.291 e. The standard InChI is InChI=1S/C23H20Br2N4O3/c1-12-6-7-17(16(25)8-12)27-23(31)21-13(2)20-18(4-3-5-19(20)32-21)28-29-22(30)14-9-15(24)11-26-10-14/h6-11H,3-5H2,1-2H3,(H,27,31)(H,29,30)/b28-18+. The molecule has 9 heteroatoms. The van der Waals surface area contributed by atoms with Crippen molar-refractivity contribution in [1.29, 1.82) is 0 Å². The number of amides is 2. The highest BCUT2D eigenvalue weighted by molar-refractivity contribution is 9.10. The van der Waals surface area contributed by atoms with Gasteiger partial charge in [-0.15, -0.1) is 0 Å². The van der Waals surface area contributed by atoms with Crippen LogP contribution >= 0.6 is 31.9 Å². The molecule has 7 nitrogen and oxygen atoms in total. The number of benzene rings is 1. The second-order valence-electron chi connectivity index (χ2n) is 7.54. The average molecular weight is 560 g/mol. The predicted molar refractivity (Wildman–Crippen MR) is 129 cm³/mol. The van der Waals surface area contributed by atoms with E-state index in [9.17, 15) is 9.59 Å². The minimum absolute atomic E-state index is 0.250. The summed E-state index contributed by atoms with van der Waals surface area (Å²) in [5.74, 6) is 0.269. The van der Waals surface area contributed by atoms with Crippen LogP contribution in [0.25, 0.3) is 0 Å². The minimum atomic E-state index is -0.359. The number of carbonyl (C=O) groups is 2. The number of rotatable bonds is 4. The predicted octanol–water partition coefficient (Wildman–Crippen LogP) is 5.54. The van der Waals surface area contributed by atoms with Crippen molar-refractivity contribution in [1.82, 2.24) is 10.4 Å². The number of aromatic nitrogens is 1. The Morgan fingerprint density at radius 3 is 2.66 bits per heavy atom. The average Bonchev–Trinajstić information content (AvgIpc) is 3.11. The Morgan fingerprint density at radius 1 is 1.09 bits per heavy atom. The number of halogens is 2. The molecule has 0 atom stereocenters. The Labute approximate surface area is 201 Å². The number of nitrogens with zero attached hydrogens (tertiary/aromatic N) is 2. The summed E-state index contributed by atoms with van der Waals surface area (Å²) in [6, 6.07) is 7.37. The SMILES string of the molecule is Cc1ccc(NC(=O)c2oc3c(c2C)/C(=N/NC(=O)c2cncc(Br)c2)CCC3)c(Br)c1. The van der Waals surface area contributed by atoms with Gasteiger partial charge in [0.2, 0.25) is 0 Å². The first-order chi connectivity index (χ1) is 15.3. The van der Waals surface area contributed by atoms with Gasteiger partial charge in [0.05, 0.1) is 17.0 Å². The normalized spacial score (nSPS) is 14.2. The second kappa shape index (κ2) is 9.38. The molecular formula is C23H20Br2N4O3. The number of carbonyl (C=O) groups excluding carboxylic acids is 2. The van der Waals surface area contributed by atoms with Gasteiger partial charge in [-0.05, 0) is 82.3 Å². The largest absolute Gasteiger partial charge is 0.455 e. The molecule has 1 aliphatic carbocycles. The lowest BCUT2D eigenvalue weighted by atomic mass is 9.93. The second-order valence-corrected chi connectivity index (χ2v) is 9.31. The lowest BCUT2D eigenvalue weighted by Gasteiger charge is -2.13. The van der Waals surface area contributed by atoms with Crippen LogP contribution in [0.2, 0.25) is 0 Å². The number of hydrazone groups is 1. The van der Waals surface area contributed by atoms with Gasteiger partial charge in [-0.1, -0.05) is 6.07 Å². The van der Waals surface area contributed by atoms with Crippen LogP contribution in [0.15, 0.2) is 55.1 Å². The molecular weight excluding hydrogens is 540 g/mol. The number of pyridine rings is 1. The fraction of sp³-hybridized carbons (Fsp3) is 0.217. The maximum Gasteiger partial charge on any atom is 0.291 e. The van der Waals surface area contributed by atoms with Gasteiger partial charge < -0.3 is 9.73 Å². The molecule has 0 fully saturated rings. The van der Waals surface area contributed by atoms with Crippen LogP contribution in [0.1, 0.15) is 56.2 Å². The fourth-order valence-electron chi connectivity index (χ4n) is 3.62. The molecule has 1 aliphatic rings. The quantitative estimate of drug-likeness (QED) is 0.410. The summed E-state index contributed by atoms with van der Waals surface area (Å²) < 4.78 is 7.44. The molecule has 0 aliphatic heterocycles. The summed E-state index contributed by atoms with van der Waals surface area (Å²) in [7, 11) is 0. The van der Waals surface area contributed by atoms with Crippen molar-refractivity contribution in [3.63, 3.8) is 0 Å². The number of anilines is 1. The van der Waals surface area contributed by atoms with Gasteiger partial charge in [0.15, 0.2) is 5.76 Å². The van der Waals surface area contributed by atoms with Gasteiger partial charge in [0, 0.05) is 38.9 Å². The van der Waals surface area contributed by atoms with Crippen LogP contribution in [0.4, 0.5) is 5.69 Å². The molecule has 0 saturated heterocycles. The highest BCUT2D eigenvalue weighted by Gasteiger charge is 2.28. The number of fused-ring (bicyclic) bond motifs is 1. The monoisotopic (exact) mass is 558 g/mol. The zero-order valence-corrected chi connectivity index (χ0v) is 20.6. The van der Waals surface area contributed by atoms with Crippen LogP contribution in [0.3, 0.4) is 0 Å².